The number of hydrogen-bond acceptors (Lipinski definition) is 4. The molecule has 0 spiro atoms. The van der Waals surface area contributed by atoms with Gasteiger partial charge in [-0.05, 0) is 12.8 Å². The fraction of sp³-hybridized carbons (Fsp3) is 0.714. The van der Waals surface area contributed by atoms with Crippen molar-refractivity contribution in [1.29, 1.82) is 0 Å². The summed E-state index contributed by atoms with van der Waals surface area (Å²) in [6, 6.07) is 1.53. The fourth-order valence-electron chi connectivity index (χ4n) is 2.18. The van der Waals surface area contributed by atoms with Crippen molar-refractivity contribution >= 4 is 5.91 Å². The molecular weight excluding hydrogens is 263 g/mol. The molecule has 2 unspecified atom stereocenters. The quantitative estimate of drug-likeness (QED) is 0.833. The Labute approximate surface area is 117 Å². The minimum atomic E-state index is -1.14. The number of amides is 1. The number of carbonyl (C=O) groups excluding carboxylic acids is 1. The van der Waals surface area contributed by atoms with Crippen LogP contribution in [0, 0.1) is 5.92 Å². The number of alkyl halides is 1. The van der Waals surface area contributed by atoms with Crippen molar-refractivity contribution in [3.63, 3.8) is 0 Å². The Bertz CT molecular complexity index is 430. The first kappa shape index (κ1) is 15.0. The minimum absolute atomic E-state index is 0.121. The largest absolute Gasteiger partial charge is 0.381 e. The van der Waals surface area contributed by atoms with Crippen LogP contribution in [0.15, 0.2) is 10.6 Å². The highest BCUT2D eigenvalue weighted by Gasteiger charge is 2.18. The Morgan fingerprint density at radius 1 is 1.65 bits per heavy atom. The number of aromatic nitrogens is 1. The summed E-state index contributed by atoms with van der Waals surface area (Å²) in [6.07, 6.45) is 1.11. The number of nitrogens with zero attached hydrogens (tertiary/aromatic N) is 1. The molecule has 20 heavy (non-hydrogen) atoms. The van der Waals surface area contributed by atoms with Gasteiger partial charge in [0.2, 0.25) is 5.91 Å². The smallest absolute Gasteiger partial charge is 0.226 e. The molecule has 5 nitrogen and oxygen atoms in total. The molecule has 2 rings (SSSR count). The van der Waals surface area contributed by atoms with Crippen molar-refractivity contribution in [1.82, 2.24) is 10.5 Å². The second kappa shape index (κ2) is 7.38. The highest BCUT2D eigenvalue weighted by Crippen LogP contribution is 2.23. The summed E-state index contributed by atoms with van der Waals surface area (Å²) in [4.78, 5) is 11.7. The molecule has 1 aliphatic heterocycles. The Kier molecular flexibility index (Phi) is 5.52. The van der Waals surface area contributed by atoms with E-state index < -0.39 is 6.17 Å². The average Bonchev–Trinajstić information content (AvgIpc) is 3.07. The van der Waals surface area contributed by atoms with Crippen LogP contribution in [0.4, 0.5) is 4.39 Å². The highest BCUT2D eigenvalue weighted by atomic mass is 19.1. The van der Waals surface area contributed by atoms with Crippen molar-refractivity contribution in [2.75, 3.05) is 19.8 Å². The van der Waals surface area contributed by atoms with Crippen LogP contribution < -0.4 is 5.32 Å². The Balaban J connectivity index is 1.76. The zero-order valence-electron chi connectivity index (χ0n) is 11.7. The van der Waals surface area contributed by atoms with Crippen LogP contribution >= 0.6 is 0 Å². The molecule has 2 atom stereocenters. The van der Waals surface area contributed by atoms with E-state index in [1.807, 2.05) is 6.92 Å². The molecule has 0 aliphatic carbocycles. The van der Waals surface area contributed by atoms with Crippen LogP contribution in [-0.4, -0.2) is 30.8 Å². The number of ether oxygens (including phenoxy) is 1. The van der Waals surface area contributed by atoms with Gasteiger partial charge in [0.15, 0.2) is 11.9 Å². The summed E-state index contributed by atoms with van der Waals surface area (Å²) in [5.41, 5.74) is 0.471. The van der Waals surface area contributed by atoms with E-state index in [0.717, 1.165) is 19.4 Å². The van der Waals surface area contributed by atoms with Crippen molar-refractivity contribution in [2.24, 2.45) is 5.92 Å². The zero-order valence-corrected chi connectivity index (χ0v) is 11.7. The maximum absolute atomic E-state index is 13.6. The van der Waals surface area contributed by atoms with E-state index in [1.165, 1.54) is 6.07 Å². The number of rotatable bonds is 7. The second-order valence-electron chi connectivity index (χ2n) is 5.19. The molecule has 0 saturated carbocycles. The monoisotopic (exact) mass is 284 g/mol. The molecule has 0 radical (unpaired) electrons. The minimum Gasteiger partial charge on any atom is -0.381 e. The van der Waals surface area contributed by atoms with E-state index >= 15 is 0 Å². The Morgan fingerprint density at radius 3 is 3.20 bits per heavy atom. The third-order valence-electron chi connectivity index (χ3n) is 3.38. The topological polar surface area (TPSA) is 64.4 Å². The van der Waals surface area contributed by atoms with Crippen LogP contribution in [0.3, 0.4) is 0 Å². The third kappa shape index (κ3) is 4.30. The lowest BCUT2D eigenvalue weighted by atomic mass is 10.1. The molecule has 1 N–H and O–H groups in total. The molecule has 1 aromatic heterocycles. The van der Waals surface area contributed by atoms with Gasteiger partial charge in [0.25, 0.3) is 0 Å². The standard InChI is InChI=1S/C14H21FN2O3/c1-2-3-12(15)13-6-11(17-20-13)7-14(18)16-8-10-4-5-19-9-10/h6,10,12H,2-5,7-9H2,1H3,(H,16,18). The lowest BCUT2D eigenvalue weighted by Gasteiger charge is -2.08. The lowest BCUT2D eigenvalue weighted by Crippen LogP contribution is -2.30. The highest BCUT2D eigenvalue weighted by molar-refractivity contribution is 5.78. The van der Waals surface area contributed by atoms with Gasteiger partial charge in [-0.25, -0.2) is 4.39 Å². The number of hydrogen-bond donors (Lipinski definition) is 1. The molecule has 1 fully saturated rings. The molecule has 2 heterocycles. The SMILES string of the molecule is CCCC(F)c1cc(CC(=O)NCC2CCOC2)no1. The summed E-state index contributed by atoms with van der Waals surface area (Å²) in [7, 11) is 0. The van der Waals surface area contributed by atoms with Crippen LogP contribution in [0.1, 0.15) is 43.8 Å². The van der Waals surface area contributed by atoms with Gasteiger partial charge < -0.3 is 14.6 Å². The summed E-state index contributed by atoms with van der Waals surface area (Å²) in [6.45, 7) is 3.99. The molecule has 0 bridgehead atoms. The van der Waals surface area contributed by atoms with Crippen LogP contribution in [0.25, 0.3) is 0 Å². The molecule has 1 aromatic rings. The van der Waals surface area contributed by atoms with Crippen LogP contribution in [-0.2, 0) is 16.0 Å². The average molecular weight is 284 g/mol. The molecule has 0 aromatic carbocycles. The third-order valence-corrected chi connectivity index (χ3v) is 3.38. The van der Waals surface area contributed by atoms with Crippen molar-refractivity contribution in [3.05, 3.63) is 17.5 Å². The maximum atomic E-state index is 13.6. The first-order chi connectivity index (χ1) is 9.69. The van der Waals surface area contributed by atoms with Crippen molar-refractivity contribution in [2.45, 2.75) is 38.8 Å². The molecule has 1 aliphatic rings. The van der Waals surface area contributed by atoms with Crippen molar-refractivity contribution in [3.8, 4) is 0 Å². The number of halogens is 1. The fourth-order valence-corrected chi connectivity index (χ4v) is 2.18. The normalized spacial score (nSPS) is 20.0. The second-order valence-corrected chi connectivity index (χ2v) is 5.19. The molecule has 1 amide bonds. The molecule has 6 heteroatoms. The Morgan fingerprint density at radius 2 is 2.50 bits per heavy atom. The van der Waals surface area contributed by atoms with Gasteiger partial charge in [0.05, 0.1) is 18.7 Å². The number of carbonyl (C=O) groups is 1. The van der Waals surface area contributed by atoms with E-state index in [4.69, 9.17) is 9.26 Å². The van der Waals surface area contributed by atoms with Crippen molar-refractivity contribution < 1.29 is 18.4 Å². The zero-order chi connectivity index (χ0) is 14.4. The van der Waals surface area contributed by atoms with Crippen LogP contribution in [0.2, 0.25) is 0 Å². The maximum Gasteiger partial charge on any atom is 0.226 e. The predicted octanol–water partition coefficient (Wildman–Crippen LogP) is 2.18. The van der Waals surface area contributed by atoms with Crippen LogP contribution in [0.5, 0.6) is 0 Å². The summed E-state index contributed by atoms with van der Waals surface area (Å²) in [5.74, 6) is 0.480. The lowest BCUT2D eigenvalue weighted by molar-refractivity contribution is -0.120. The van der Waals surface area contributed by atoms with E-state index in [0.29, 0.717) is 31.2 Å². The Hall–Kier alpha value is -1.43. The predicted molar refractivity (Wildman–Crippen MR) is 70.9 cm³/mol. The van der Waals surface area contributed by atoms with Gasteiger partial charge in [-0.3, -0.25) is 4.79 Å². The molecule has 1 saturated heterocycles. The van der Waals surface area contributed by atoms with Gasteiger partial charge in [-0.2, -0.15) is 0 Å². The summed E-state index contributed by atoms with van der Waals surface area (Å²) < 4.78 is 23.8. The van der Waals surface area contributed by atoms with Gasteiger partial charge in [-0.15, -0.1) is 0 Å². The van der Waals surface area contributed by atoms with Gasteiger partial charge >= 0.3 is 0 Å². The first-order valence-electron chi connectivity index (χ1n) is 7.13. The van der Waals surface area contributed by atoms with Gasteiger partial charge in [-0.1, -0.05) is 18.5 Å². The van der Waals surface area contributed by atoms with E-state index in [2.05, 4.69) is 10.5 Å². The first-order valence-corrected chi connectivity index (χ1v) is 7.13. The molecule has 112 valence electrons. The summed E-state index contributed by atoms with van der Waals surface area (Å²) in [5, 5.41) is 6.58. The van der Waals surface area contributed by atoms with Gasteiger partial charge in [0.1, 0.15) is 0 Å². The van der Waals surface area contributed by atoms with E-state index in [9.17, 15) is 9.18 Å². The van der Waals surface area contributed by atoms with Gasteiger partial charge in [0, 0.05) is 25.1 Å². The number of nitrogens with one attached hydrogen (secondary N) is 1. The molecular formula is C14H21FN2O3. The van der Waals surface area contributed by atoms with E-state index in [1.54, 1.807) is 0 Å². The summed E-state index contributed by atoms with van der Waals surface area (Å²) >= 11 is 0. The van der Waals surface area contributed by atoms with E-state index in [-0.39, 0.29) is 18.1 Å².